The maximum Gasteiger partial charge on any atom is 0.286 e. The van der Waals surface area contributed by atoms with Crippen molar-refractivity contribution in [2.45, 2.75) is 6.42 Å². The van der Waals surface area contributed by atoms with Crippen LogP contribution in [0.4, 0.5) is 0 Å². The van der Waals surface area contributed by atoms with Crippen LogP contribution in [0.5, 0.6) is 0 Å². The van der Waals surface area contributed by atoms with Gasteiger partial charge in [-0.25, -0.2) is 4.98 Å². The lowest BCUT2D eigenvalue weighted by atomic mass is 10.2. The molecule has 106 valence electrons. The molecule has 0 fully saturated rings. The number of hydrogen-bond acceptors (Lipinski definition) is 5. The Labute approximate surface area is 125 Å². The summed E-state index contributed by atoms with van der Waals surface area (Å²) < 4.78 is 5.03. The van der Waals surface area contributed by atoms with E-state index in [-0.39, 0.29) is 5.91 Å². The minimum Gasteiger partial charge on any atom is -0.459 e. The van der Waals surface area contributed by atoms with E-state index in [1.54, 1.807) is 35.9 Å². The Hall–Kier alpha value is -2.47. The second-order valence-electron chi connectivity index (χ2n) is 4.35. The Bertz CT molecular complexity index is 708. The molecular weight excluding hydrogens is 286 g/mol. The number of pyridine rings is 1. The normalized spacial score (nSPS) is 10.5. The van der Waals surface area contributed by atoms with Crippen LogP contribution in [0, 0.1) is 0 Å². The number of furan rings is 1. The molecule has 3 aromatic rings. The molecule has 1 N–H and O–H groups in total. The third-order valence-electron chi connectivity index (χ3n) is 2.90. The number of nitrogens with zero attached hydrogens (tertiary/aromatic N) is 2. The van der Waals surface area contributed by atoms with Crippen LogP contribution in [0.2, 0.25) is 0 Å². The van der Waals surface area contributed by atoms with Gasteiger partial charge in [0.1, 0.15) is 0 Å². The molecule has 0 aliphatic heterocycles. The average molecular weight is 299 g/mol. The molecule has 0 unspecified atom stereocenters. The van der Waals surface area contributed by atoms with Crippen molar-refractivity contribution in [3.05, 3.63) is 59.1 Å². The molecule has 21 heavy (non-hydrogen) atoms. The van der Waals surface area contributed by atoms with Gasteiger partial charge in [-0.2, -0.15) is 0 Å². The predicted octanol–water partition coefficient (Wildman–Crippen LogP) is 2.77. The highest BCUT2D eigenvalue weighted by atomic mass is 32.1. The topological polar surface area (TPSA) is 68.0 Å². The third-order valence-corrected chi connectivity index (χ3v) is 3.81. The number of carbonyl (C=O) groups is 1. The van der Waals surface area contributed by atoms with E-state index in [1.165, 1.54) is 6.26 Å². The number of rotatable bonds is 5. The van der Waals surface area contributed by atoms with Crippen molar-refractivity contribution in [2.75, 3.05) is 6.54 Å². The molecule has 0 aliphatic rings. The minimum atomic E-state index is -0.203. The summed E-state index contributed by atoms with van der Waals surface area (Å²) in [6, 6.07) is 7.19. The lowest BCUT2D eigenvalue weighted by molar-refractivity contribution is 0.0926. The van der Waals surface area contributed by atoms with E-state index in [4.69, 9.17) is 4.42 Å². The van der Waals surface area contributed by atoms with E-state index < -0.39 is 0 Å². The second kappa shape index (κ2) is 6.32. The Morgan fingerprint density at radius 1 is 1.29 bits per heavy atom. The van der Waals surface area contributed by atoms with E-state index >= 15 is 0 Å². The molecule has 3 aromatic heterocycles. The molecule has 0 spiro atoms. The van der Waals surface area contributed by atoms with Crippen LogP contribution in [-0.2, 0) is 6.42 Å². The maximum atomic E-state index is 11.7. The van der Waals surface area contributed by atoms with Gasteiger partial charge in [0.15, 0.2) is 5.76 Å². The molecule has 1 amide bonds. The quantitative estimate of drug-likeness (QED) is 0.786. The number of nitrogens with one attached hydrogen (secondary N) is 1. The van der Waals surface area contributed by atoms with Crippen molar-refractivity contribution in [3.63, 3.8) is 0 Å². The molecule has 0 aliphatic carbocycles. The van der Waals surface area contributed by atoms with Crippen LogP contribution < -0.4 is 5.32 Å². The summed E-state index contributed by atoms with van der Waals surface area (Å²) in [6.07, 6.45) is 5.68. The van der Waals surface area contributed by atoms with Crippen molar-refractivity contribution in [1.29, 1.82) is 0 Å². The number of hydrogen-bond donors (Lipinski definition) is 1. The molecule has 0 aromatic carbocycles. The average Bonchev–Trinajstić information content (AvgIpc) is 3.20. The van der Waals surface area contributed by atoms with Crippen LogP contribution in [0.3, 0.4) is 0 Å². The Kier molecular flexibility index (Phi) is 4.07. The lowest BCUT2D eigenvalue weighted by Gasteiger charge is -2.00. The zero-order valence-corrected chi connectivity index (χ0v) is 12.0. The highest BCUT2D eigenvalue weighted by Gasteiger charge is 2.08. The first-order valence-corrected chi connectivity index (χ1v) is 7.37. The van der Waals surface area contributed by atoms with E-state index in [9.17, 15) is 4.79 Å². The van der Waals surface area contributed by atoms with Gasteiger partial charge in [0, 0.05) is 36.3 Å². The van der Waals surface area contributed by atoms with Crippen molar-refractivity contribution in [2.24, 2.45) is 0 Å². The van der Waals surface area contributed by atoms with Crippen LogP contribution in [0.25, 0.3) is 11.3 Å². The highest BCUT2D eigenvalue weighted by molar-refractivity contribution is 7.09. The molecule has 0 saturated heterocycles. The van der Waals surface area contributed by atoms with Crippen LogP contribution >= 0.6 is 11.3 Å². The monoisotopic (exact) mass is 299 g/mol. The van der Waals surface area contributed by atoms with Crippen molar-refractivity contribution >= 4 is 17.2 Å². The van der Waals surface area contributed by atoms with Gasteiger partial charge < -0.3 is 9.73 Å². The Morgan fingerprint density at radius 3 is 2.90 bits per heavy atom. The van der Waals surface area contributed by atoms with E-state index in [0.717, 1.165) is 16.3 Å². The summed E-state index contributed by atoms with van der Waals surface area (Å²) in [5.74, 6) is 0.123. The van der Waals surface area contributed by atoms with Crippen LogP contribution in [0.1, 0.15) is 15.6 Å². The number of amides is 1. The van der Waals surface area contributed by atoms with Crippen LogP contribution in [0.15, 0.2) is 52.7 Å². The number of carbonyl (C=O) groups excluding carboxylic acids is 1. The summed E-state index contributed by atoms with van der Waals surface area (Å²) in [5.41, 5.74) is 1.99. The molecule has 3 rings (SSSR count). The van der Waals surface area contributed by atoms with Crippen molar-refractivity contribution in [3.8, 4) is 11.3 Å². The number of thiazole rings is 1. The summed E-state index contributed by atoms with van der Waals surface area (Å²) in [7, 11) is 0. The van der Waals surface area contributed by atoms with E-state index in [0.29, 0.717) is 18.7 Å². The molecule has 0 atom stereocenters. The fourth-order valence-corrected chi connectivity index (χ4v) is 2.67. The standard InChI is InChI=1S/C15H13N3O2S/c19-15(13-2-1-9-20-13)17-8-5-14-18-12(10-21-14)11-3-6-16-7-4-11/h1-4,6-7,9-10H,5,8H2,(H,17,19). The Balaban J connectivity index is 1.55. The fraction of sp³-hybridized carbons (Fsp3) is 0.133. The van der Waals surface area contributed by atoms with Gasteiger partial charge in [0.2, 0.25) is 0 Å². The molecule has 6 heteroatoms. The predicted molar refractivity (Wildman–Crippen MR) is 80.1 cm³/mol. The molecule has 5 nitrogen and oxygen atoms in total. The molecule has 0 radical (unpaired) electrons. The molecule has 0 saturated carbocycles. The first kappa shape index (κ1) is 13.5. The smallest absolute Gasteiger partial charge is 0.286 e. The number of aromatic nitrogens is 2. The van der Waals surface area contributed by atoms with Gasteiger partial charge in [-0.3, -0.25) is 9.78 Å². The summed E-state index contributed by atoms with van der Waals surface area (Å²) >= 11 is 1.59. The fourth-order valence-electron chi connectivity index (χ4n) is 1.86. The van der Waals surface area contributed by atoms with Crippen molar-refractivity contribution in [1.82, 2.24) is 15.3 Å². The van der Waals surface area contributed by atoms with Gasteiger partial charge >= 0.3 is 0 Å². The highest BCUT2D eigenvalue weighted by Crippen LogP contribution is 2.21. The maximum absolute atomic E-state index is 11.7. The van der Waals surface area contributed by atoms with E-state index in [2.05, 4.69) is 15.3 Å². The molecule has 3 heterocycles. The van der Waals surface area contributed by atoms with Gasteiger partial charge in [0.25, 0.3) is 5.91 Å². The largest absolute Gasteiger partial charge is 0.459 e. The van der Waals surface area contributed by atoms with Crippen molar-refractivity contribution < 1.29 is 9.21 Å². The molecular formula is C15H13N3O2S. The Morgan fingerprint density at radius 2 is 2.14 bits per heavy atom. The van der Waals surface area contributed by atoms with Gasteiger partial charge in [-0.1, -0.05) is 0 Å². The molecule has 0 bridgehead atoms. The zero-order chi connectivity index (χ0) is 14.5. The summed E-state index contributed by atoms with van der Waals surface area (Å²) in [6.45, 7) is 0.531. The van der Waals surface area contributed by atoms with Gasteiger partial charge in [-0.15, -0.1) is 11.3 Å². The first-order chi connectivity index (χ1) is 10.3. The minimum absolute atomic E-state index is 0.203. The summed E-state index contributed by atoms with van der Waals surface area (Å²) in [4.78, 5) is 20.2. The zero-order valence-electron chi connectivity index (χ0n) is 11.2. The second-order valence-corrected chi connectivity index (χ2v) is 5.29. The van der Waals surface area contributed by atoms with Gasteiger partial charge in [0.05, 0.1) is 17.0 Å². The van der Waals surface area contributed by atoms with Gasteiger partial charge in [-0.05, 0) is 24.3 Å². The lowest BCUT2D eigenvalue weighted by Crippen LogP contribution is -2.25. The first-order valence-electron chi connectivity index (χ1n) is 6.49. The van der Waals surface area contributed by atoms with E-state index in [1.807, 2.05) is 17.5 Å². The summed E-state index contributed by atoms with van der Waals surface area (Å²) in [5, 5.41) is 5.81. The van der Waals surface area contributed by atoms with Crippen LogP contribution in [-0.4, -0.2) is 22.4 Å². The SMILES string of the molecule is O=C(NCCc1nc(-c2ccncc2)cs1)c1ccco1. The third kappa shape index (κ3) is 3.35.